The minimum absolute atomic E-state index is 0.0300. The van der Waals surface area contributed by atoms with Crippen LogP contribution >= 0.6 is 0 Å². The minimum atomic E-state index is -4.82. The molecule has 0 fully saturated rings. The molecule has 0 atom stereocenters. The quantitative estimate of drug-likeness (QED) is 0.225. The van der Waals surface area contributed by atoms with Gasteiger partial charge < -0.3 is 0 Å². The summed E-state index contributed by atoms with van der Waals surface area (Å²) in [6, 6.07) is 7.09. The lowest BCUT2D eigenvalue weighted by Crippen LogP contribution is -2.09. The number of pyridine rings is 1. The Morgan fingerprint density at radius 2 is 1.45 bits per heavy atom. The minimum Gasteiger partial charge on any atom is -0.292 e. The third-order valence-electron chi connectivity index (χ3n) is 4.71. The fraction of sp³-hybridized carbons (Fsp3) is 0.0870. The number of alkyl halides is 6. The zero-order valence-electron chi connectivity index (χ0n) is 16.2. The van der Waals surface area contributed by atoms with Gasteiger partial charge >= 0.3 is 12.4 Å². The van der Waals surface area contributed by atoms with Crippen LogP contribution in [0.3, 0.4) is 0 Å². The van der Waals surface area contributed by atoms with E-state index in [0.717, 1.165) is 53.1 Å². The molecule has 0 radical (unpaired) electrons. The summed E-state index contributed by atoms with van der Waals surface area (Å²) >= 11 is 0. The second-order valence-corrected chi connectivity index (χ2v) is 6.93. The molecule has 0 saturated carbocycles. The molecule has 0 amide bonds. The Morgan fingerprint density at radius 1 is 0.758 bits per heavy atom. The topological polar surface area (TPSA) is 17.3 Å². The lowest BCUT2D eigenvalue weighted by Gasteiger charge is -2.12. The third kappa shape index (κ3) is 4.53. The van der Waals surface area contributed by atoms with Crippen LogP contribution in [-0.2, 0) is 12.4 Å². The molecule has 33 heavy (non-hydrogen) atoms. The van der Waals surface area contributed by atoms with Crippen molar-refractivity contribution in [2.24, 2.45) is 0 Å². The summed E-state index contributed by atoms with van der Waals surface area (Å²) < 4.78 is 107. The number of halogens is 8. The second kappa shape index (κ2) is 7.92. The molecule has 2 aromatic carbocycles. The molecule has 0 spiro atoms. The van der Waals surface area contributed by atoms with Gasteiger partial charge in [0.25, 0.3) is 0 Å². The van der Waals surface area contributed by atoms with Gasteiger partial charge in [-0.1, -0.05) is 18.1 Å². The highest BCUT2D eigenvalue weighted by Gasteiger charge is 2.35. The van der Waals surface area contributed by atoms with E-state index in [0.29, 0.717) is 6.07 Å². The first-order chi connectivity index (χ1) is 15.4. The summed E-state index contributed by atoms with van der Waals surface area (Å²) in [6.45, 7) is 0. The Bertz CT molecular complexity index is 1400. The summed E-state index contributed by atoms with van der Waals surface area (Å²) in [5, 5.41) is 0. The fourth-order valence-corrected chi connectivity index (χ4v) is 3.12. The average Bonchev–Trinajstić information content (AvgIpc) is 3.14. The molecule has 0 aliphatic carbocycles. The van der Waals surface area contributed by atoms with Crippen molar-refractivity contribution in [1.82, 2.24) is 9.38 Å². The van der Waals surface area contributed by atoms with E-state index in [1.54, 1.807) is 0 Å². The van der Waals surface area contributed by atoms with E-state index in [-0.39, 0.29) is 22.4 Å². The third-order valence-corrected chi connectivity index (χ3v) is 4.71. The Kier molecular flexibility index (Phi) is 5.36. The van der Waals surface area contributed by atoms with E-state index in [9.17, 15) is 35.1 Å². The van der Waals surface area contributed by atoms with E-state index < -0.39 is 40.8 Å². The van der Waals surface area contributed by atoms with Gasteiger partial charge in [0.2, 0.25) is 0 Å². The highest BCUT2D eigenvalue weighted by molar-refractivity contribution is 5.69. The molecule has 4 aromatic rings. The molecule has 10 heteroatoms. The van der Waals surface area contributed by atoms with Crippen LogP contribution in [0.15, 0.2) is 60.9 Å². The zero-order chi connectivity index (χ0) is 24.0. The van der Waals surface area contributed by atoms with Gasteiger partial charge in [-0.05, 0) is 47.4 Å². The molecule has 0 bridgehead atoms. The SMILES string of the molecule is Fc1ccc(C#Cc2cnc3c(C(F)(F)F)cc(-c4ccc(C(F)(F)F)cc4)cn23)c(F)c1. The van der Waals surface area contributed by atoms with E-state index in [4.69, 9.17) is 0 Å². The van der Waals surface area contributed by atoms with Gasteiger partial charge in [-0.25, -0.2) is 13.8 Å². The Morgan fingerprint density at radius 3 is 2.06 bits per heavy atom. The number of nitrogens with zero attached hydrogens (tertiary/aromatic N) is 2. The molecular formula is C23H10F8N2. The second-order valence-electron chi connectivity index (χ2n) is 6.93. The van der Waals surface area contributed by atoms with Gasteiger partial charge in [0, 0.05) is 12.3 Å². The summed E-state index contributed by atoms with van der Waals surface area (Å²) in [7, 11) is 0. The predicted octanol–water partition coefficient (Wildman–Crippen LogP) is 6.72. The van der Waals surface area contributed by atoms with Crippen LogP contribution in [0.4, 0.5) is 35.1 Å². The van der Waals surface area contributed by atoms with Gasteiger partial charge in [-0.3, -0.25) is 4.40 Å². The molecule has 0 N–H and O–H groups in total. The van der Waals surface area contributed by atoms with Crippen molar-refractivity contribution >= 4 is 5.65 Å². The van der Waals surface area contributed by atoms with E-state index >= 15 is 0 Å². The first-order valence-electron chi connectivity index (χ1n) is 9.16. The normalized spacial score (nSPS) is 12.0. The number of fused-ring (bicyclic) bond motifs is 1. The standard InChI is InChI=1S/C23H10F8N2/c24-17-7-3-14(20(25)10-17)4-8-18-11-32-21-19(23(29,30)31)9-15(12-33(18)21)13-1-5-16(6-2-13)22(26,27)28/h1-3,5-7,9-12H. The number of imidazole rings is 1. The van der Waals surface area contributed by atoms with Crippen molar-refractivity contribution in [1.29, 1.82) is 0 Å². The summed E-state index contributed by atoms with van der Waals surface area (Å²) in [6.07, 6.45) is -7.12. The smallest absolute Gasteiger partial charge is 0.292 e. The monoisotopic (exact) mass is 466 g/mol. The van der Waals surface area contributed by atoms with Crippen LogP contribution in [0.5, 0.6) is 0 Å². The van der Waals surface area contributed by atoms with Crippen LogP contribution in [0.25, 0.3) is 16.8 Å². The van der Waals surface area contributed by atoms with Crippen molar-refractivity contribution in [2.75, 3.05) is 0 Å². The highest BCUT2D eigenvalue weighted by Crippen LogP contribution is 2.36. The Labute approximate surface area is 181 Å². The summed E-state index contributed by atoms with van der Waals surface area (Å²) in [4.78, 5) is 3.75. The van der Waals surface area contributed by atoms with Crippen LogP contribution in [0.1, 0.15) is 22.4 Å². The van der Waals surface area contributed by atoms with Crippen LogP contribution < -0.4 is 0 Å². The number of hydrogen-bond donors (Lipinski definition) is 0. The molecule has 0 unspecified atom stereocenters. The maximum Gasteiger partial charge on any atom is 0.420 e. The van der Waals surface area contributed by atoms with Crippen molar-refractivity contribution in [3.05, 3.63) is 94.9 Å². The molecule has 0 aliphatic heterocycles. The molecule has 0 saturated heterocycles. The number of hydrogen-bond acceptors (Lipinski definition) is 1. The van der Waals surface area contributed by atoms with Crippen LogP contribution in [0.2, 0.25) is 0 Å². The van der Waals surface area contributed by atoms with Crippen LogP contribution in [0, 0.1) is 23.5 Å². The van der Waals surface area contributed by atoms with Crippen molar-refractivity contribution < 1.29 is 35.1 Å². The van der Waals surface area contributed by atoms with Gasteiger partial charge in [-0.2, -0.15) is 26.3 Å². The first-order valence-corrected chi connectivity index (χ1v) is 9.16. The van der Waals surface area contributed by atoms with E-state index in [2.05, 4.69) is 16.8 Å². The molecule has 2 aromatic heterocycles. The molecule has 168 valence electrons. The number of benzene rings is 2. The maximum absolute atomic E-state index is 13.8. The number of rotatable bonds is 1. The zero-order valence-corrected chi connectivity index (χ0v) is 16.2. The molecular weight excluding hydrogens is 456 g/mol. The first kappa shape index (κ1) is 22.3. The summed E-state index contributed by atoms with van der Waals surface area (Å²) in [5.74, 6) is 3.16. The van der Waals surface area contributed by atoms with E-state index in [1.807, 2.05) is 0 Å². The molecule has 2 nitrogen and oxygen atoms in total. The maximum atomic E-state index is 13.8. The lowest BCUT2D eigenvalue weighted by molar-refractivity contribution is -0.138. The van der Waals surface area contributed by atoms with Gasteiger partial charge in [0.05, 0.1) is 22.9 Å². The van der Waals surface area contributed by atoms with Crippen molar-refractivity contribution in [3.8, 4) is 23.0 Å². The van der Waals surface area contributed by atoms with Gasteiger partial charge in [0.1, 0.15) is 23.0 Å². The number of aromatic nitrogens is 2. The fourth-order valence-electron chi connectivity index (χ4n) is 3.12. The van der Waals surface area contributed by atoms with Gasteiger partial charge in [0.15, 0.2) is 0 Å². The molecule has 2 heterocycles. The molecule has 0 aliphatic rings. The van der Waals surface area contributed by atoms with E-state index in [1.165, 1.54) is 6.20 Å². The van der Waals surface area contributed by atoms with Crippen LogP contribution in [-0.4, -0.2) is 9.38 Å². The largest absolute Gasteiger partial charge is 0.420 e. The predicted molar refractivity (Wildman–Crippen MR) is 103 cm³/mol. The summed E-state index contributed by atoms with van der Waals surface area (Å²) in [5.41, 5.74) is -2.69. The average molecular weight is 466 g/mol. The highest BCUT2D eigenvalue weighted by atomic mass is 19.4. The van der Waals surface area contributed by atoms with Crippen molar-refractivity contribution in [3.63, 3.8) is 0 Å². The Balaban J connectivity index is 1.86. The molecule has 4 rings (SSSR count). The Hall–Kier alpha value is -3.87. The lowest BCUT2D eigenvalue weighted by atomic mass is 10.0. The van der Waals surface area contributed by atoms with Crippen molar-refractivity contribution in [2.45, 2.75) is 12.4 Å². The van der Waals surface area contributed by atoms with Gasteiger partial charge in [-0.15, -0.1) is 0 Å².